The minimum absolute atomic E-state index is 0.125. The van der Waals surface area contributed by atoms with Crippen LogP contribution in [0.1, 0.15) is 27.6 Å². The van der Waals surface area contributed by atoms with E-state index in [-0.39, 0.29) is 12.7 Å². The van der Waals surface area contributed by atoms with Crippen LogP contribution in [0, 0.1) is 0 Å². The molecule has 23 heavy (non-hydrogen) atoms. The number of hydrogen-bond acceptors (Lipinski definition) is 5. The van der Waals surface area contributed by atoms with E-state index in [0.717, 1.165) is 4.90 Å². The van der Waals surface area contributed by atoms with Crippen LogP contribution in [0.3, 0.4) is 0 Å². The molecule has 0 aromatic heterocycles. The lowest BCUT2D eigenvalue weighted by Gasteiger charge is -2.36. The molecular formula is C17H15NO5. The zero-order chi connectivity index (χ0) is 16.2. The van der Waals surface area contributed by atoms with Crippen LogP contribution in [-0.2, 0) is 5.72 Å². The van der Waals surface area contributed by atoms with Crippen LogP contribution in [0.5, 0.6) is 11.5 Å². The zero-order valence-corrected chi connectivity index (χ0v) is 12.4. The van der Waals surface area contributed by atoms with Gasteiger partial charge in [-0.2, -0.15) is 0 Å². The molecule has 0 saturated carbocycles. The molecule has 2 N–H and O–H groups in total. The summed E-state index contributed by atoms with van der Waals surface area (Å²) in [5.41, 5.74) is -0.621. The van der Waals surface area contributed by atoms with Crippen LogP contribution >= 0.6 is 0 Å². The van der Waals surface area contributed by atoms with Crippen LogP contribution in [0.15, 0.2) is 42.5 Å². The van der Waals surface area contributed by atoms with Gasteiger partial charge in [-0.25, -0.2) is 0 Å². The van der Waals surface area contributed by atoms with Gasteiger partial charge in [0.2, 0.25) is 6.79 Å². The third-order valence-electron chi connectivity index (χ3n) is 4.46. The molecule has 0 aliphatic carbocycles. The van der Waals surface area contributed by atoms with E-state index in [2.05, 4.69) is 0 Å². The van der Waals surface area contributed by atoms with Crippen LogP contribution < -0.4 is 9.47 Å². The average Bonchev–Trinajstić information content (AvgIpc) is 3.13. The van der Waals surface area contributed by atoms with Crippen molar-refractivity contribution in [3.63, 3.8) is 0 Å². The van der Waals surface area contributed by atoms with Gasteiger partial charge in [-0.05, 0) is 23.8 Å². The maximum absolute atomic E-state index is 12.3. The molecule has 6 heteroatoms. The van der Waals surface area contributed by atoms with E-state index in [1.807, 2.05) is 0 Å². The highest BCUT2D eigenvalue weighted by molar-refractivity contribution is 5.99. The molecule has 0 radical (unpaired) electrons. The lowest BCUT2D eigenvalue weighted by molar-refractivity contribution is -0.157. The molecular weight excluding hydrogens is 298 g/mol. The van der Waals surface area contributed by atoms with Crippen molar-refractivity contribution in [2.75, 3.05) is 13.8 Å². The Labute approximate surface area is 132 Å². The molecule has 4 rings (SSSR count). The van der Waals surface area contributed by atoms with Gasteiger partial charge in [0.1, 0.15) is 6.10 Å². The SMILES string of the molecule is CN1C(=O)c2ccccc2[C@]1(O)[C@@H](O)c1ccc2c(c1)OCO2. The fourth-order valence-corrected chi connectivity index (χ4v) is 3.15. The molecule has 118 valence electrons. The minimum atomic E-state index is -1.83. The second-order valence-corrected chi connectivity index (χ2v) is 5.65. The Morgan fingerprint density at radius 3 is 2.74 bits per heavy atom. The monoisotopic (exact) mass is 313 g/mol. The molecule has 2 aliphatic heterocycles. The fraction of sp³-hybridized carbons (Fsp3) is 0.235. The number of fused-ring (bicyclic) bond motifs is 2. The number of benzene rings is 2. The van der Waals surface area contributed by atoms with Gasteiger partial charge in [-0.15, -0.1) is 0 Å². The lowest BCUT2D eigenvalue weighted by Crippen LogP contribution is -2.45. The number of amides is 1. The predicted octanol–water partition coefficient (Wildman–Crippen LogP) is 1.38. The summed E-state index contributed by atoms with van der Waals surface area (Å²) >= 11 is 0. The largest absolute Gasteiger partial charge is 0.454 e. The van der Waals surface area contributed by atoms with Crippen molar-refractivity contribution < 1.29 is 24.5 Å². The van der Waals surface area contributed by atoms with Gasteiger partial charge in [-0.3, -0.25) is 4.79 Å². The first-order chi connectivity index (χ1) is 11.0. The van der Waals surface area contributed by atoms with Crippen molar-refractivity contribution in [3.8, 4) is 11.5 Å². The number of aliphatic hydroxyl groups is 2. The number of aliphatic hydroxyl groups excluding tert-OH is 1. The Bertz CT molecular complexity index is 805. The van der Waals surface area contributed by atoms with Gasteiger partial charge >= 0.3 is 0 Å². The summed E-state index contributed by atoms with van der Waals surface area (Å²) in [6.07, 6.45) is -1.32. The molecule has 0 spiro atoms. The Kier molecular flexibility index (Phi) is 2.88. The predicted molar refractivity (Wildman–Crippen MR) is 80.0 cm³/mol. The number of rotatable bonds is 2. The molecule has 2 heterocycles. The average molecular weight is 313 g/mol. The van der Waals surface area contributed by atoms with Crippen LogP contribution in [0.2, 0.25) is 0 Å². The highest BCUT2D eigenvalue weighted by Crippen LogP contribution is 2.46. The molecule has 6 nitrogen and oxygen atoms in total. The Balaban J connectivity index is 1.81. The summed E-state index contributed by atoms with van der Waals surface area (Å²) in [7, 11) is 1.47. The first-order valence-corrected chi connectivity index (χ1v) is 7.21. The highest BCUT2D eigenvalue weighted by atomic mass is 16.7. The van der Waals surface area contributed by atoms with Gasteiger partial charge in [-0.1, -0.05) is 24.3 Å². The van der Waals surface area contributed by atoms with Gasteiger partial charge < -0.3 is 24.6 Å². The molecule has 2 atom stereocenters. The number of carbonyl (C=O) groups is 1. The zero-order valence-electron chi connectivity index (χ0n) is 12.4. The Morgan fingerprint density at radius 2 is 1.91 bits per heavy atom. The molecule has 2 aromatic carbocycles. The quantitative estimate of drug-likeness (QED) is 0.875. The third kappa shape index (κ3) is 1.79. The van der Waals surface area contributed by atoms with E-state index >= 15 is 0 Å². The number of likely N-dealkylation sites (N-methyl/N-ethyl adjacent to an activating group) is 1. The molecule has 0 saturated heterocycles. The van der Waals surface area contributed by atoms with E-state index in [0.29, 0.717) is 28.2 Å². The lowest BCUT2D eigenvalue weighted by atomic mass is 9.91. The normalized spacial score (nSPS) is 23.1. The second kappa shape index (κ2) is 4.71. The Morgan fingerprint density at radius 1 is 1.17 bits per heavy atom. The van der Waals surface area contributed by atoms with Crippen molar-refractivity contribution in [3.05, 3.63) is 59.2 Å². The van der Waals surface area contributed by atoms with Gasteiger partial charge in [0.25, 0.3) is 5.91 Å². The highest BCUT2D eigenvalue weighted by Gasteiger charge is 2.52. The number of hydrogen-bond donors (Lipinski definition) is 2. The van der Waals surface area contributed by atoms with Gasteiger partial charge in [0.05, 0.1) is 0 Å². The second-order valence-electron chi connectivity index (χ2n) is 5.65. The molecule has 2 aromatic rings. The van der Waals surface area contributed by atoms with Crippen LogP contribution in [0.25, 0.3) is 0 Å². The Hall–Kier alpha value is -2.57. The standard InChI is InChI=1S/C17H15NO5/c1-18-16(20)11-4-2-3-5-12(11)17(18,21)15(19)10-6-7-13-14(8-10)23-9-22-13/h2-8,15,19,21H,9H2,1H3/t15-,17-/m0/s1. The van der Waals surface area contributed by atoms with Crippen LogP contribution in [-0.4, -0.2) is 34.9 Å². The molecule has 0 bridgehead atoms. The van der Waals surface area contributed by atoms with Crippen molar-refractivity contribution in [2.45, 2.75) is 11.8 Å². The van der Waals surface area contributed by atoms with Crippen LogP contribution in [0.4, 0.5) is 0 Å². The van der Waals surface area contributed by atoms with Gasteiger partial charge in [0, 0.05) is 18.2 Å². The summed E-state index contributed by atoms with van der Waals surface area (Å²) in [4.78, 5) is 13.5. The van der Waals surface area contributed by atoms with E-state index < -0.39 is 11.8 Å². The summed E-state index contributed by atoms with van der Waals surface area (Å²) in [5, 5.41) is 21.9. The van der Waals surface area contributed by atoms with E-state index in [1.54, 1.807) is 42.5 Å². The van der Waals surface area contributed by atoms with Crippen molar-refractivity contribution in [1.82, 2.24) is 4.90 Å². The summed E-state index contributed by atoms with van der Waals surface area (Å²) < 4.78 is 10.6. The number of ether oxygens (including phenoxy) is 2. The van der Waals surface area contributed by atoms with E-state index in [1.165, 1.54) is 7.05 Å². The first kappa shape index (κ1) is 14.0. The maximum atomic E-state index is 12.3. The van der Waals surface area contributed by atoms with Crippen molar-refractivity contribution in [1.29, 1.82) is 0 Å². The topological polar surface area (TPSA) is 79.2 Å². The van der Waals surface area contributed by atoms with Crippen molar-refractivity contribution >= 4 is 5.91 Å². The summed E-state index contributed by atoms with van der Waals surface area (Å²) in [6, 6.07) is 11.7. The molecule has 1 amide bonds. The van der Waals surface area contributed by atoms with E-state index in [9.17, 15) is 15.0 Å². The maximum Gasteiger partial charge on any atom is 0.256 e. The smallest absolute Gasteiger partial charge is 0.256 e. The first-order valence-electron chi connectivity index (χ1n) is 7.21. The third-order valence-corrected chi connectivity index (χ3v) is 4.46. The van der Waals surface area contributed by atoms with E-state index in [4.69, 9.17) is 9.47 Å². The fourth-order valence-electron chi connectivity index (χ4n) is 3.15. The molecule has 0 fully saturated rings. The molecule has 2 aliphatic rings. The summed E-state index contributed by atoms with van der Waals surface area (Å²) in [5.74, 6) is 0.762. The van der Waals surface area contributed by atoms with Gasteiger partial charge in [0.15, 0.2) is 17.2 Å². The molecule has 0 unspecified atom stereocenters. The number of carbonyl (C=O) groups excluding carboxylic acids is 1. The summed E-state index contributed by atoms with van der Waals surface area (Å²) in [6.45, 7) is 0.125. The van der Waals surface area contributed by atoms with Crippen molar-refractivity contribution in [2.24, 2.45) is 0 Å². The minimum Gasteiger partial charge on any atom is -0.454 e. The number of nitrogens with zero attached hydrogens (tertiary/aromatic N) is 1.